The molecular weight excluding hydrogens is 292 g/mol. The molecule has 5 nitrogen and oxygen atoms in total. The molecule has 0 unspecified atom stereocenters. The number of ether oxygens (including phenoxy) is 2. The van der Waals surface area contributed by atoms with Crippen LogP contribution >= 0.6 is 0 Å². The lowest BCUT2D eigenvalue weighted by atomic mass is 9.93. The summed E-state index contributed by atoms with van der Waals surface area (Å²) in [5.74, 6) is 0.193. The van der Waals surface area contributed by atoms with E-state index in [1.54, 1.807) is 0 Å². The van der Waals surface area contributed by atoms with E-state index in [1.165, 1.54) is 10.9 Å². The number of carbonyl (C=O) groups excluding carboxylic acids is 1. The van der Waals surface area contributed by atoms with Crippen LogP contribution in [0.1, 0.15) is 12.5 Å². The second-order valence-corrected chi connectivity index (χ2v) is 5.80. The fraction of sp³-hybridized carbons (Fsp3) is 0.444. The van der Waals surface area contributed by atoms with Crippen LogP contribution in [0.25, 0.3) is 10.9 Å². The Morgan fingerprint density at radius 2 is 2.22 bits per heavy atom. The highest BCUT2D eigenvalue weighted by molar-refractivity contribution is 5.82. The van der Waals surface area contributed by atoms with Gasteiger partial charge in [0.05, 0.1) is 24.8 Å². The largest absolute Gasteiger partial charge is 0.379 e. The van der Waals surface area contributed by atoms with Gasteiger partial charge in [-0.1, -0.05) is 18.2 Å². The van der Waals surface area contributed by atoms with Crippen LogP contribution in [-0.4, -0.2) is 43.4 Å². The molecule has 0 bridgehead atoms. The Kier molecular flexibility index (Phi) is 5.20. The molecule has 1 saturated heterocycles. The highest BCUT2D eigenvalue weighted by Gasteiger charge is 2.30. The zero-order valence-corrected chi connectivity index (χ0v) is 13.3. The number of pyridine rings is 1. The molecule has 2 aromatic rings. The summed E-state index contributed by atoms with van der Waals surface area (Å²) < 4.78 is 10.7. The van der Waals surface area contributed by atoms with Crippen molar-refractivity contribution in [2.24, 2.45) is 5.92 Å². The van der Waals surface area contributed by atoms with Crippen LogP contribution in [0.15, 0.2) is 36.5 Å². The molecule has 3 rings (SSSR count). The highest BCUT2D eigenvalue weighted by Crippen LogP contribution is 2.24. The van der Waals surface area contributed by atoms with Crippen LogP contribution < -0.4 is 5.32 Å². The summed E-state index contributed by atoms with van der Waals surface area (Å²) in [5.41, 5.74) is 2.25. The van der Waals surface area contributed by atoms with Crippen molar-refractivity contribution < 1.29 is 14.3 Å². The van der Waals surface area contributed by atoms with Crippen LogP contribution in [0.5, 0.6) is 0 Å². The minimum absolute atomic E-state index is 0.0369. The number of carbonyl (C=O) groups is 1. The van der Waals surface area contributed by atoms with Gasteiger partial charge in [0.1, 0.15) is 6.61 Å². The maximum Gasteiger partial charge on any atom is 0.246 e. The van der Waals surface area contributed by atoms with E-state index in [0.29, 0.717) is 19.8 Å². The quantitative estimate of drug-likeness (QED) is 0.885. The SMILES string of the molecule is CCOCC(=O)N[C@@H]1COC[C@H]1Cc1ccnc2ccccc12. The van der Waals surface area contributed by atoms with Crippen LogP contribution in [-0.2, 0) is 20.7 Å². The first-order valence-corrected chi connectivity index (χ1v) is 8.05. The molecule has 2 heterocycles. The van der Waals surface area contributed by atoms with Gasteiger partial charge in [0.2, 0.25) is 5.91 Å². The Balaban J connectivity index is 1.69. The predicted octanol–water partition coefficient (Wildman–Crippen LogP) is 1.94. The summed E-state index contributed by atoms with van der Waals surface area (Å²) in [6.07, 6.45) is 2.71. The van der Waals surface area contributed by atoms with E-state index in [0.717, 1.165) is 11.9 Å². The average Bonchev–Trinajstić information content (AvgIpc) is 3.00. The third-order valence-electron chi connectivity index (χ3n) is 4.20. The molecule has 5 heteroatoms. The molecule has 1 aliphatic rings. The van der Waals surface area contributed by atoms with Crippen molar-refractivity contribution in [3.8, 4) is 0 Å². The Bertz CT molecular complexity index is 669. The van der Waals surface area contributed by atoms with Crippen molar-refractivity contribution in [3.05, 3.63) is 42.1 Å². The highest BCUT2D eigenvalue weighted by atomic mass is 16.5. The summed E-state index contributed by atoms with van der Waals surface area (Å²) in [6, 6.07) is 10.2. The van der Waals surface area contributed by atoms with Gasteiger partial charge in [-0.2, -0.15) is 0 Å². The monoisotopic (exact) mass is 314 g/mol. The molecule has 1 amide bonds. The van der Waals surface area contributed by atoms with Crippen LogP contribution in [0.4, 0.5) is 0 Å². The van der Waals surface area contributed by atoms with Crippen LogP contribution in [0.2, 0.25) is 0 Å². The normalized spacial score (nSPS) is 20.7. The first kappa shape index (κ1) is 15.9. The molecule has 0 aliphatic carbocycles. The number of para-hydroxylation sites is 1. The Labute approximate surface area is 136 Å². The number of amides is 1. The van der Waals surface area contributed by atoms with E-state index in [4.69, 9.17) is 9.47 Å². The average molecular weight is 314 g/mol. The number of benzene rings is 1. The first-order valence-electron chi connectivity index (χ1n) is 8.05. The zero-order chi connectivity index (χ0) is 16.1. The maximum atomic E-state index is 11.9. The number of rotatable bonds is 6. The summed E-state index contributed by atoms with van der Waals surface area (Å²) in [6.45, 7) is 3.75. The van der Waals surface area contributed by atoms with Crippen molar-refractivity contribution in [2.75, 3.05) is 26.4 Å². The molecule has 2 atom stereocenters. The molecule has 1 aromatic carbocycles. The molecule has 23 heavy (non-hydrogen) atoms. The number of fused-ring (bicyclic) bond motifs is 1. The topological polar surface area (TPSA) is 60.5 Å². The second-order valence-electron chi connectivity index (χ2n) is 5.80. The third kappa shape index (κ3) is 3.86. The van der Waals surface area contributed by atoms with Gasteiger partial charge in [-0.3, -0.25) is 9.78 Å². The summed E-state index contributed by atoms with van der Waals surface area (Å²) in [4.78, 5) is 16.3. The first-order chi connectivity index (χ1) is 11.3. The lowest BCUT2D eigenvalue weighted by Gasteiger charge is -2.19. The van der Waals surface area contributed by atoms with Gasteiger partial charge in [-0.25, -0.2) is 0 Å². The van der Waals surface area contributed by atoms with E-state index >= 15 is 0 Å². The van der Waals surface area contributed by atoms with Crippen LogP contribution in [0, 0.1) is 5.92 Å². The van der Waals surface area contributed by atoms with Gasteiger partial charge < -0.3 is 14.8 Å². The molecule has 1 N–H and O–H groups in total. The number of hydrogen-bond acceptors (Lipinski definition) is 4. The van der Waals surface area contributed by atoms with Crippen molar-refractivity contribution >= 4 is 16.8 Å². The van der Waals surface area contributed by atoms with E-state index in [9.17, 15) is 4.79 Å². The van der Waals surface area contributed by atoms with E-state index in [-0.39, 0.29) is 24.5 Å². The van der Waals surface area contributed by atoms with Gasteiger partial charge in [-0.05, 0) is 31.0 Å². The van der Waals surface area contributed by atoms with Gasteiger partial charge >= 0.3 is 0 Å². The van der Waals surface area contributed by atoms with Gasteiger partial charge in [-0.15, -0.1) is 0 Å². The van der Waals surface area contributed by atoms with Crippen LogP contribution in [0.3, 0.4) is 0 Å². The van der Waals surface area contributed by atoms with Crippen molar-refractivity contribution in [1.29, 1.82) is 0 Å². The van der Waals surface area contributed by atoms with Crippen molar-refractivity contribution in [1.82, 2.24) is 10.3 Å². The number of aromatic nitrogens is 1. The van der Waals surface area contributed by atoms with Gasteiger partial charge in [0, 0.05) is 24.1 Å². The third-order valence-corrected chi connectivity index (χ3v) is 4.20. The van der Waals surface area contributed by atoms with Crippen molar-refractivity contribution in [2.45, 2.75) is 19.4 Å². The van der Waals surface area contributed by atoms with Gasteiger partial charge in [0.25, 0.3) is 0 Å². The maximum absolute atomic E-state index is 11.9. The standard InChI is InChI=1S/C18H22N2O3/c1-2-22-12-18(21)20-17-11-23-10-14(17)9-13-7-8-19-16-6-4-3-5-15(13)16/h3-8,14,17H,2,9-12H2,1H3,(H,20,21)/t14-,17-/m1/s1. The molecule has 1 aromatic heterocycles. The fourth-order valence-electron chi connectivity index (χ4n) is 3.02. The molecule has 0 spiro atoms. The minimum Gasteiger partial charge on any atom is -0.379 e. The zero-order valence-electron chi connectivity index (χ0n) is 13.3. The number of nitrogens with one attached hydrogen (secondary N) is 1. The molecule has 122 valence electrons. The minimum atomic E-state index is -0.0769. The van der Waals surface area contributed by atoms with Gasteiger partial charge in [0.15, 0.2) is 0 Å². The second kappa shape index (κ2) is 7.53. The lowest BCUT2D eigenvalue weighted by molar-refractivity contribution is -0.126. The number of hydrogen-bond donors (Lipinski definition) is 1. The summed E-state index contributed by atoms with van der Waals surface area (Å²) >= 11 is 0. The van der Waals surface area contributed by atoms with E-state index < -0.39 is 0 Å². The number of nitrogens with zero attached hydrogens (tertiary/aromatic N) is 1. The molecule has 0 saturated carbocycles. The summed E-state index contributed by atoms with van der Waals surface area (Å²) in [7, 11) is 0. The lowest BCUT2D eigenvalue weighted by Crippen LogP contribution is -2.42. The Morgan fingerprint density at radius 1 is 1.35 bits per heavy atom. The molecular formula is C18H22N2O3. The Morgan fingerprint density at radius 3 is 3.09 bits per heavy atom. The molecule has 1 aliphatic heterocycles. The molecule has 1 fully saturated rings. The van der Waals surface area contributed by atoms with E-state index in [1.807, 2.05) is 31.3 Å². The Hall–Kier alpha value is -1.98. The smallest absolute Gasteiger partial charge is 0.246 e. The van der Waals surface area contributed by atoms with Crippen molar-refractivity contribution in [3.63, 3.8) is 0 Å². The predicted molar refractivity (Wildman–Crippen MR) is 88.2 cm³/mol. The molecule has 0 radical (unpaired) electrons. The van der Waals surface area contributed by atoms with E-state index in [2.05, 4.69) is 22.4 Å². The summed E-state index contributed by atoms with van der Waals surface area (Å²) in [5, 5.41) is 4.20. The fourth-order valence-corrected chi connectivity index (χ4v) is 3.02.